The second-order valence-electron chi connectivity index (χ2n) is 4.49. The molecule has 0 spiro atoms. The van der Waals surface area contributed by atoms with Crippen LogP contribution in [0.4, 0.5) is 5.00 Å². The van der Waals surface area contributed by atoms with E-state index in [4.69, 9.17) is 5.73 Å². The number of thiophene rings is 1. The SMILES string of the molecule is Cc1ccc(SCCC(=O)Nc2sccc2C(N)=O)cc1. The van der Waals surface area contributed by atoms with Crippen LogP contribution in [-0.2, 0) is 4.79 Å². The van der Waals surface area contributed by atoms with Gasteiger partial charge in [0.15, 0.2) is 0 Å². The maximum atomic E-state index is 11.9. The van der Waals surface area contributed by atoms with Crippen LogP contribution in [0.1, 0.15) is 22.3 Å². The molecule has 0 unspecified atom stereocenters. The van der Waals surface area contributed by atoms with Crippen molar-refractivity contribution < 1.29 is 9.59 Å². The van der Waals surface area contributed by atoms with Gasteiger partial charge in [0.05, 0.1) is 5.56 Å². The lowest BCUT2D eigenvalue weighted by atomic mass is 10.2. The Labute approximate surface area is 131 Å². The van der Waals surface area contributed by atoms with E-state index in [9.17, 15) is 9.59 Å². The van der Waals surface area contributed by atoms with E-state index in [0.29, 0.717) is 22.7 Å². The molecule has 4 nitrogen and oxygen atoms in total. The van der Waals surface area contributed by atoms with Crippen LogP contribution in [0, 0.1) is 6.92 Å². The smallest absolute Gasteiger partial charge is 0.251 e. The van der Waals surface area contributed by atoms with Crippen molar-refractivity contribution in [2.75, 3.05) is 11.1 Å². The highest BCUT2D eigenvalue weighted by Crippen LogP contribution is 2.23. The summed E-state index contributed by atoms with van der Waals surface area (Å²) in [6.07, 6.45) is 0.384. The predicted molar refractivity (Wildman–Crippen MR) is 88.0 cm³/mol. The molecule has 110 valence electrons. The molecule has 2 amide bonds. The minimum Gasteiger partial charge on any atom is -0.366 e. The van der Waals surface area contributed by atoms with Gasteiger partial charge in [0.1, 0.15) is 5.00 Å². The van der Waals surface area contributed by atoms with E-state index in [2.05, 4.69) is 5.32 Å². The Morgan fingerprint density at radius 2 is 1.95 bits per heavy atom. The zero-order valence-corrected chi connectivity index (χ0v) is 13.2. The quantitative estimate of drug-likeness (QED) is 0.802. The van der Waals surface area contributed by atoms with E-state index < -0.39 is 5.91 Å². The molecule has 1 aromatic carbocycles. The normalized spacial score (nSPS) is 10.3. The average Bonchev–Trinajstić information content (AvgIpc) is 2.89. The van der Waals surface area contributed by atoms with Gasteiger partial charge in [0.25, 0.3) is 5.91 Å². The van der Waals surface area contributed by atoms with Gasteiger partial charge in [0.2, 0.25) is 5.91 Å². The summed E-state index contributed by atoms with van der Waals surface area (Å²) in [7, 11) is 0. The molecule has 0 bridgehead atoms. The molecule has 0 aliphatic heterocycles. The lowest BCUT2D eigenvalue weighted by Gasteiger charge is -2.05. The molecule has 1 heterocycles. The molecule has 3 N–H and O–H groups in total. The number of nitrogens with one attached hydrogen (secondary N) is 1. The Morgan fingerprint density at radius 3 is 2.62 bits per heavy atom. The molecule has 2 rings (SSSR count). The fraction of sp³-hybridized carbons (Fsp3) is 0.200. The first-order valence-corrected chi connectivity index (χ1v) is 8.29. The van der Waals surface area contributed by atoms with Crippen molar-refractivity contribution in [3.05, 3.63) is 46.8 Å². The number of amides is 2. The summed E-state index contributed by atoms with van der Waals surface area (Å²) in [6.45, 7) is 2.04. The highest BCUT2D eigenvalue weighted by molar-refractivity contribution is 7.99. The number of aryl methyl sites for hydroxylation is 1. The van der Waals surface area contributed by atoms with Gasteiger partial charge in [-0.3, -0.25) is 9.59 Å². The maximum absolute atomic E-state index is 11.9. The minimum absolute atomic E-state index is 0.112. The predicted octanol–water partition coefficient (Wildman–Crippen LogP) is 3.28. The number of carbonyl (C=O) groups is 2. The lowest BCUT2D eigenvalue weighted by Crippen LogP contribution is -2.16. The molecule has 0 atom stereocenters. The summed E-state index contributed by atoms with van der Waals surface area (Å²) in [6, 6.07) is 9.80. The van der Waals surface area contributed by atoms with Gasteiger partial charge in [-0.25, -0.2) is 0 Å². The molecule has 0 saturated carbocycles. The average molecular weight is 320 g/mol. The number of thioether (sulfide) groups is 1. The van der Waals surface area contributed by atoms with Crippen molar-refractivity contribution in [2.24, 2.45) is 5.73 Å². The van der Waals surface area contributed by atoms with Crippen LogP contribution in [0.3, 0.4) is 0 Å². The molecule has 0 fully saturated rings. The number of hydrogen-bond donors (Lipinski definition) is 2. The Bertz CT molecular complexity index is 635. The van der Waals surface area contributed by atoms with Gasteiger partial charge in [-0.15, -0.1) is 23.1 Å². The summed E-state index contributed by atoms with van der Waals surface area (Å²) in [5.41, 5.74) is 6.81. The van der Waals surface area contributed by atoms with E-state index in [1.165, 1.54) is 16.9 Å². The van der Waals surface area contributed by atoms with Crippen LogP contribution in [0.25, 0.3) is 0 Å². The second kappa shape index (κ2) is 7.28. The van der Waals surface area contributed by atoms with Crippen molar-refractivity contribution in [3.8, 4) is 0 Å². The van der Waals surface area contributed by atoms with Crippen LogP contribution >= 0.6 is 23.1 Å². The van der Waals surface area contributed by atoms with Crippen molar-refractivity contribution in [2.45, 2.75) is 18.2 Å². The van der Waals surface area contributed by atoms with E-state index in [1.807, 2.05) is 31.2 Å². The highest BCUT2D eigenvalue weighted by Gasteiger charge is 2.12. The van der Waals surface area contributed by atoms with Crippen LogP contribution in [0.5, 0.6) is 0 Å². The molecular weight excluding hydrogens is 304 g/mol. The summed E-state index contributed by atoms with van der Waals surface area (Å²) in [4.78, 5) is 24.2. The first-order chi connectivity index (χ1) is 10.1. The number of rotatable bonds is 6. The van der Waals surface area contributed by atoms with Gasteiger partial charge in [-0.05, 0) is 30.5 Å². The molecule has 1 aromatic heterocycles. The van der Waals surface area contributed by atoms with Crippen molar-refractivity contribution >= 4 is 39.9 Å². The number of anilines is 1. The van der Waals surface area contributed by atoms with E-state index in [0.717, 1.165) is 4.90 Å². The number of carbonyl (C=O) groups excluding carboxylic acids is 2. The first kappa shape index (κ1) is 15.6. The van der Waals surface area contributed by atoms with Crippen LogP contribution < -0.4 is 11.1 Å². The standard InChI is InChI=1S/C15H16N2O2S2/c1-10-2-4-11(5-3-10)20-9-7-13(18)17-15-12(14(16)19)6-8-21-15/h2-6,8H,7,9H2,1H3,(H2,16,19)(H,17,18). The molecule has 0 aliphatic rings. The van der Waals surface area contributed by atoms with E-state index >= 15 is 0 Å². The lowest BCUT2D eigenvalue weighted by molar-refractivity contribution is -0.115. The summed E-state index contributed by atoms with van der Waals surface area (Å²) in [5.74, 6) is 0.0479. The Kier molecular flexibility index (Phi) is 5.41. The zero-order chi connectivity index (χ0) is 15.2. The fourth-order valence-corrected chi connectivity index (χ4v) is 3.35. The van der Waals surface area contributed by atoms with Crippen molar-refractivity contribution in [1.82, 2.24) is 0 Å². The molecule has 2 aromatic rings. The summed E-state index contributed by atoms with van der Waals surface area (Å²) in [5, 5.41) is 4.99. The van der Waals surface area contributed by atoms with Crippen molar-refractivity contribution in [3.63, 3.8) is 0 Å². The molecule has 6 heteroatoms. The number of hydrogen-bond acceptors (Lipinski definition) is 4. The van der Waals surface area contributed by atoms with E-state index in [1.54, 1.807) is 23.2 Å². The molecule has 0 aliphatic carbocycles. The minimum atomic E-state index is -0.527. The van der Waals surface area contributed by atoms with Crippen molar-refractivity contribution in [1.29, 1.82) is 0 Å². The second-order valence-corrected chi connectivity index (χ2v) is 6.57. The third-order valence-corrected chi connectivity index (χ3v) is 4.65. The Hall–Kier alpha value is -1.79. The zero-order valence-electron chi connectivity index (χ0n) is 11.6. The monoisotopic (exact) mass is 320 g/mol. The Morgan fingerprint density at radius 1 is 1.24 bits per heavy atom. The largest absolute Gasteiger partial charge is 0.366 e. The third-order valence-electron chi connectivity index (χ3n) is 2.80. The molecule has 0 radical (unpaired) electrons. The van der Waals surface area contributed by atoms with E-state index in [-0.39, 0.29) is 5.91 Å². The fourth-order valence-electron chi connectivity index (χ4n) is 1.69. The molecule has 21 heavy (non-hydrogen) atoms. The summed E-state index contributed by atoms with van der Waals surface area (Å²) < 4.78 is 0. The molecule has 0 saturated heterocycles. The van der Waals surface area contributed by atoms with Gasteiger partial charge in [0, 0.05) is 17.1 Å². The van der Waals surface area contributed by atoms with Crippen LogP contribution in [0.2, 0.25) is 0 Å². The summed E-state index contributed by atoms with van der Waals surface area (Å²) >= 11 is 2.93. The first-order valence-electron chi connectivity index (χ1n) is 6.43. The topological polar surface area (TPSA) is 72.2 Å². The number of nitrogens with two attached hydrogens (primary N) is 1. The van der Waals surface area contributed by atoms with Crippen LogP contribution in [-0.4, -0.2) is 17.6 Å². The van der Waals surface area contributed by atoms with Gasteiger partial charge in [-0.2, -0.15) is 0 Å². The molecular formula is C15H16N2O2S2. The number of benzene rings is 1. The Balaban J connectivity index is 1.81. The van der Waals surface area contributed by atoms with Gasteiger partial charge >= 0.3 is 0 Å². The third kappa shape index (κ3) is 4.61. The number of primary amides is 1. The maximum Gasteiger partial charge on any atom is 0.251 e. The highest BCUT2D eigenvalue weighted by atomic mass is 32.2. The van der Waals surface area contributed by atoms with Crippen LogP contribution in [0.15, 0.2) is 40.6 Å². The van der Waals surface area contributed by atoms with Gasteiger partial charge < -0.3 is 11.1 Å². The van der Waals surface area contributed by atoms with Gasteiger partial charge in [-0.1, -0.05) is 17.7 Å².